The Bertz CT molecular complexity index is 937. The van der Waals surface area contributed by atoms with Gasteiger partial charge in [0.2, 0.25) is 0 Å². The van der Waals surface area contributed by atoms with Gasteiger partial charge < -0.3 is 20.2 Å². The maximum Gasteiger partial charge on any atom is 0.278 e. The van der Waals surface area contributed by atoms with Gasteiger partial charge in [0.05, 0.1) is 17.9 Å². The Kier molecular flexibility index (Phi) is 4.68. The number of nitrogens with zero attached hydrogens (tertiary/aromatic N) is 3. The number of fused-ring (bicyclic) bond motifs is 1. The molecule has 0 unspecified atom stereocenters. The van der Waals surface area contributed by atoms with Gasteiger partial charge in [-0.05, 0) is 43.7 Å². The Morgan fingerprint density at radius 1 is 1.07 bits per heavy atom. The van der Waals surface area contributed by atoms with E-state index < -0.39 is 29.4 Å². The highest BCUT2D eigenvalue weighted by atomic mass is 16.3. The van der Waals surface area contributed by atoms with E-state index in [0.29, 0.717) is 31.6 Å². The molecule has 1 aromatic carbocycles. The molecule has 2 aromatic rings. The van der Waals surface area contributed by atoms with Crippen LogP contribution in [0.1, 0.15) is 28.9 Å². The lowest BCUT2D eigenvalue weighted by Crippen LogP contribution is -2.38. The number of carbonyl (C=O) groups is 1. The summed E-state index contributed by atoms with van der Waals surface area (Å²) < 4.78 is 1.10. The molecular formula is C20H23N3O5. The molecular weight excluding hydrogens is 362 g/mol. The lowest BCUT2D eigenvalue weighted by Gasteiger charge is -2.31. The minimum absolute atomic E-state index is 0.104. The molecule has 8 nitrogen and oxygen atoms in total. The van der Waals surface area contributed by atoms with Crippen LogP contribution in [0.2, 0.25) is 0 Å². The molecule has 2 aliphatic rings. The first-order chi connectivity index (χ1) is 13.3. The van der Waals surface area contributed by atoms with Crippen LogP contribution in [-0.4, -0.2) is 61.2 Å². The maximum absolute atomic E-state index is 13.0. The zero-order valence-electron chi connectivity index (χ0n) is 15.5. The molecule has 2 fully saturated rings. The Hall–Kier alpha value is -2.71. The third-order valence-corrected chi connectivity index (χ3v) is 5.79. The Morgan fingerprint density at radius 3 is 2.21 bits per heavy atom. The van der Waals surface area contributed by atoms with Crippen molar-refractivity contribution < 1.29 is 20.1 Å². The van der Waals surface area contributed by atoms with Gasteiger partial charge in [0.25, 0.3) is 11.5 Å². The number of rotatable bonds is 2. The van der Waals surface area contributed by atoms with Gasteiger partial charge in [-0.25, -0.2) is 0 Å². The number of hydrogen-bond acceptors (Lipinski definition) is 6. The van der Waals surface area contributed by atoms with Crippen molar-refractivity contribution in [1.29, 1.82) is 0 Å². The van der Waals surface area contributed by atoms with Crippen molar-refractivity contribution in [2.45, 2.75) is 32.0 Å². The molecule has 1 aromatic heterocycles. The van der Waals surface area contributed by atoms with Gasteiger partial charge in [-0.3, -0.25) is 9.59 Å². The monoisotopic (exact) mass is 385 g/mol. The number of aliphatic hydroxyl groups excluding tert-OH is 2. The van der Waals surface area contributed by atoms with Crippen LogP contribution >= 0.6 is 0 Å². The van der Waals surface area contributed by atoms with Crippen molar-refractivity contribution >= 4 is 5.91 Å². The minimum Gasteiger partial charge on any atom is -0.505 e. The molecule has 3 N–H and O–H groups in total. The quantitative estimate of drug-likeness (QED) is 0.691. The van der Waals surface area contributed by atoms with Gasteiger partial charge in [-0.2, -0.15) is 9.78 Å². The van der Waals surface area contributed by atoms with Crippen LogP contribution in [0.4, 0.5) is 0 Å². The van der Waals surface area contributed by atoms with Gasteiger partial charge >= 0.3 is 0 Å². The summed E-state index contributed by atoms with van der Waals surface area (Å²) in [7, 11) is 0. The van der Waals surface area contributed by atoms with Crippen LogP contribution in [0, 0.1) is 18.8 Å². The van der Waals surface area contributed by atoms with Gasteiger partial charge in [-0.1, -0.05) is 17.7 Å². The molecule has 2 heterocycles. The largest absolute Gasteiger partial charge is 0.505 e. The highest BCUT2D eigenvalue weighted by Crippen LogP contribution is 2.37. The summed E-state index contributed by atoms with van der Waals surface area (Å²) in [4.78, 5) is 26.8. The number of aliphatic hydroxyl groups is 2. The van der Waals surface area contributed by atoms with Crippen LogP contribution < -0.4 is 5.56 Å². The predicted octanol–water partition coefficient (Wildman–Crippen LogP) is 0.450. The minimum atomic E-state index is -0.772. The van der Waals surface area contributed by atoms with Crippen LogP contribution in [0.25, 0.3) is 5.69 Å². The molecule has 148 valence electrons. The van der Waals surface area contributed by atoms with Crippen molar-refractivity contribution in [2.24, 2.45) is 11.8 Å². The van der Waals surface area contributed by atoms with Crippen molar-refractivity contribution in [3.05, 3.63) is 51.9 Å². The third kappa shape index (κ3) is 3.29. The molecule has 28 heavy (non-hydrogen) atoms. The van der Waals surface area contributed by atoms with Crippen molar-refractivity contribution in [3.8, 4) is 11.4 Å². The number of benzene rings is 1. The zero-order chi connectivity index (χ0) is 20.0. The summed E-state index contributed by atoms with van der Waals surface area (Å²) in [5.41, 5.74) is 0.820. The van der Waals surface area contributed by atoms with E-state index in [1.54, 1.807) is 17.0 Å². The molecule has 4 atom stereocenters. The third-order valence-electron chi connectivity index (χ3n) is 5.79. The Labute approximate surface area is 161 Å². The molecule has 0 spiro atoms. The lowest BCUT2D eigenvalue weighted by atomic mass is 9.79. The summed E-state index contributed by atoms with van der Waals surface area (Å²) in [6, 6.07) is 8.11. The van der Waals surface area contributed by atoms with Gasteiger partial charge in [0.15, 0.2) is 11.4 Å². The molecule has 1 amide bonds. The van der Waals surface area contributed by atoms with E-state index in [1.165, 1.54) is 0 Å². The number of amides is 1. The van der Waals surface area contributed by atoms with Gasteiger partial charge in [-0.15, -0.1) is 0 Å². The second-order valence-corrected chi connectivity index (χ2v) is 7.80. The molecule has 8 heteroatoms. The van der Waals surface area contributed by atoms with Crippen LogP contribution in [0.15, 0.2) is 35.1 Å². The fourth-order valence-corrected chi connectivity index (χ4v) is 4.19. The second kappa shape index (κ2) is 7.03. The van der Waals surface area contributed by atoms with E-state index >= 15 is 0 Å². The van der Waals surface area contributed by atoms with Gasteiger partial charge in [0.1, 0.15) is 0 Å². The molecule has 1 aliphatic heterocycles. The highest BCUT2D eigenvalue weighted by Gasteiger charge is 2.43. The topological polar surface area (TPSA) is 116 Å². The van der Waals surface area contributed by atoms with E-state index in [2.05, 4.69) is 5.10 Å². The van der Waals surface area contributed by atoms with Crippen LogP contribution in [-0.2, 0) is 0 Å². The average molecular weight is 385 g/mol. The molecule has 1 saturated carbocycles. The molecule has 0 bridgehead atoms. The van der Waals surface area contributed by atoms with E-state index in [9.17, 15) is 24.9 Å². The number of aryl methyl sites for hydroxylation is 1. The number of aromatic hydroxyl groups is 1. The fraction of sp³-hybridized carbons (Fsp3) is 0.450. The Balaban J connectivity index is 1.62. The number of likely N-dealkylation sites (tertiary alicyclic amines) is 1. The first-order valence-corrected chi connectivity index (χ1v) is 9.39. The second-order valence-electron chi connectivity index (χ2n) is 7.80. The number of carbonyl (C=O) groups excluding carboxylic acids is 1. The standard InChI is InChI=1S/C20H23N3O5/c1-11-2-4-14(5-3-11)23-18(27)8-17(26)19(21-23)20(28)22-9-12-6-15(24)16(25)7-13(12)10-22/h2-5,8,12-13,15-16,24-26H,6-7,9-10H2,1H3/t12-,13+,15-,16-/m0/s1. The molecule has 4 rings (SSSR count). The summed E-state index contributed by atoms with van der Waals surface area (Å²) in [5.74, 6) is -0.704. The smallest absolute Gasteiger partial charge is 0.278 e. The summed E-state index contributed by atoms with van der Waals surface area (Å²) in [5, 5.41) is 34.1. The van der Waals surface area contributed by atoms with Crippen molar-refractivity contribution in [1.82, 2.24) is 14.7 Å². The lowest BCUT2D eigenvalue weighted by molar-refractivity contribution is -0.0372. The average Bonchev–Trinajstić information content (AvgIpc) is 3.05. The highest BCUT2D eigenvalue weighted by molar-refractivity contribution is 5.94. The van der Waals surface area contributed by atoms with E-state index in [0.717, 1.165) is 16.3 Å². The number of hydrogen-bond donors (Lipinski definition) is 3. The summed E-state index contributed by atoms with van der Waals surface area (Å²) in [6.45, 7) is 2.78. The van der Waals surface area contributed by atoms with E-state index in [-0.39, 0.29) is 17.5 Å². The van der Waals surface area contributed by atoms with Crippen molar-refractivity contribution in [2.75, 3.05) is 13.1 Å². The molecule has 0 radical (unpaired) electrons. The Morgan fingerprint density at radius 2 is 1.64 bits per heavy atom. The first kappa shape index (κ1) is 18.6. The molecule has 1 aliphatic carbocycles. The van der Waals surface area contributed by atoms with E-state index in [4.69, 9.17) is 0 Å². The molecule has 1 saturated heterocycles. The zero-order valence-corrected chi connectivity index (χ0v) is 15.5. The summed E-state index contributed by atoms with van der Waals surface area (Å²) in [6.07, 6.45) is -0.659. The summed E-state index contributed by atoms with van der Waals surface area (Å²) >= 11 is 0. The van der Waals surface area contributed by atoms with Gasteiger partial charge in [0, 0.05) is 19.2 Å². The van der Waals surface area contributed by atoms with Crippen molar-refractivity contribution in [3.63, 3.8) is 0 Å². The normalized spacial score (nSPS) is 26.9. The first-order valence-electron chi connectivity index (χ1n) is 9.39. The fourth-order valence-electron chi connectivity index (χ4n) is 4.19. The van der Waals surface area contributed by atoms with Crippen LogP contribution in [0.3, 0.4) is 0 Å². The maximum atomic E-state index is 13.0. The SMILES string of the molecule is Cc1ccc(-n2nc(C(=O)N3C[C@H]4C[C@H](O)[C@@H](O)C[C@H]4C3)c(O)cc2=O)cc1. The predicted molar refractivity (Wildman–Crippen MR) is 100 cm³/mol. The van der Waals surface area contributed by atoms with Crippen LogP contribution in [0.5, 0.6) is 5.75 Å². The number of aromatic nitrogens is 2. The van der Waals surface area contributed by atoms with E-state index in [1.807, 2.05) is 19.1 Å².